The lowest BCUT2D eigenvalue weighted by Gasteiger charge is -2.32. The van der Waals surface area contributed by atoms with Crippen LogP contribution in [0.1, 0.15) is 35.7 Å². The predicted octanol–water partition coefficient (Wildman–Crippen LogP) is 0.642. The van der Waals surface area contributed by atoms with Gasteiger partial charge in [-0.1, -0.05) is 13.0 Å². The number of nitrogens with two attached hydrogens (primary N) is 1. The largest absolute Gasteiger partial charge is 0.355 e. The summed E-state index contributed by atoms with van der Waals surface area (Å²) in [5.41, 5.74) is 6.46. The van der Waals surface area contributed by atoms with Crippen LogP contribution in [0.4, 0.5) is 0 Å². The van der Waals surface area contributed by atoms with Crippen LogP contribution in [-0.4, -0.2) is 57.9 Å². The van der Waals surface area contributed by atoms with Crippen molar-refractivity contribution in [2.45, 2.75) is 31.6 Å². The standard InChI is InChI=1S/C18H28N4O4S.ClH/c1-3-21-27(25,26)15-7-6-13(2)16(11-15)18(24)22-10-4-5-14(12-22)17(23)20-9-8-19;/h6-7,11,14,21H,3-5,8-10,12,19H2,1-2H3,(H,20,23);1H. The summed E-state index contributed by atoms with van der Waals surface area (Å²) in [6.07, 6.45) is 1.44. The first-order chi connectivity index (χ1) is 12.8. The molecule has 2 amide bonds. The fraction of sp³-hybridized carbons (Fsp3) is 0.556. The molecule has 0 bridgehead atoms. The third-order valence-corrected chi connectivity index (χ3v) is 6.15. The van der Waals surface area contributed by atoms with E-state index in [0.29, 0.717) is 43.7 Å². The minimum atomic E-state index is -3.65. The van der Waals surface area contributed by atoms with Gasteiger partial charge >= 0.3 is 0 Å². The second-order valence-electron chi connectivity index (χ2n) is 6.65. The van der Waals surface area contributed by atoms with Gasteiger partial charge in [-0.05, 0) is 37.5 Å². The van der Waals surface area contributed by atoms with Gasteiger partial charge in [-0.2, -0.15) is 0 Å². The molecule has 158 valence electrons. The number of halogens is 1. The van der Waals surface area contributed by atoms with Crippen molar-refractivity contribution in [1.29, 1.82) is 0 Å². The van der Waals surface area contributed by atoms with Crippen LogP contribution in [0.15, 0.2) is 23.1 Å². The molecule has 0 saturated carbocycles. The molecule has 1 aliphatic heterocycles. The van der Waals surface area contributed by atoms with Gasteiger partial charge in [0.05, 0.1) is 10.8 Å². The van der Waals surface area contributed by atoms with Crippen molar-refractivity contribution in [3.05, 3.63) is 29.3 Å². The number of hydrogen-bond acceptors (Lipinski definition) is 5. The molecule has 2 rings (SSSR count). The summed E-state index contributed by atoms with van der Waals surface area (Å²) in [6, 6.07) is 4.53. The number of nitrogens with zero attached hydrogens (tertiary/aromatic N) is 1. The lowest BCUT2D eigenvalue weighted by atomic mass is 9.96. The predicted molar refractivity (Wildman–Crippen MR) is 110 cm³/mol. The van der Waals surface area contributed by atoms with Crippen LogP contribution in [0, 0.1) is 12.8 Å². The van der Waals surface area contributed by atoms with Gasteiger partial charge in [-0.15, -0.1) is 12.4 Å². The summed E-state index contributed by atoms with van der Waals surface area (Å²) in [5, 5.41) is 2.77. The van der Waals surface area contributed by atoms with Crippen LogP contribution in [0.2, 0.25) is 0 Å². The Morgan fingerprint density at radius 3 is 2.68 bits per heavy atom. The fourth-order valence-corrected chi connectivity index (χ4v) is 4.22. The fourth-order valence-electron chi connectivity index (χ4n) is 3.16. The van der Waals surface area contributed by atoms with Gasteiger partial charge in [-0.25, -0.2) is 13.1 Å². The van der Waals surface area contributed by atoms with Gasteiger partial charge in [0, 0.05) is 38.3 Å². The summed E-state index contributed by atoms with van der Waals surface area (Å²) in [4.78, 5) is 26.9. The Kier molecular flexibility index (Phi) is 9.35. The van der Waals surface area contributed by atoms with E-state index in [0.717, 1.165) is 6.42 Å². The number of piperidine rings is 1. The maximum absolute atomic E-state index is 13.0. The van der Waals surface area contributed by atoms with Crippen molar-refractivity contribution < 1.29 is 18.0 Å². The molecule has 1 heterocycles. The smallest absolute Gasteiger partial charge is 0.254 e. The quantitative estimate of drug-likeness (QED) is 0.583. The van der Waals surface area contributed by atoms with Gasteiger partial charge in [0.25, 0.3) is 5.91 Å². The number of nitrogens with one attached hydrogen (secondary N) is 2. The Morgan fingerprint density at radius 1 is 1.32 bits per heavy atom. The highest BCUT2D eigenvalue weighted by molar-refractivity contribution is 7.89. The first-order valence-electron chi connectivity index (χ1n) is 9.17. The Balaban J connectivity index is 0.00000392. The summed E-state index contributed by atoms with van der Waals surface area (Å²) in [5.74, 6) is -0.626. The Labute approximate surface area is 172 Å². The van der Waals surface area contributed by atoms with E-state index < -0.39 is 10.0 Å². The normalized spacial score (nSPS) is 17.0. The number of carbonyl (C=O) groups excluding carboxylic acids is 2. The van der Waals surface area contributed by atoms with Gasteiger partial charge in [-0.3, -0.25) is 9.59 Å². The average Bonchev–Trinajstić information content (AvgIpc) is 2.65. The van der Waals surface area contributed by atoms with Crippen LogP contribution in [0.3, 0.4) is 0 Å². The summed E-state index contributed by atoms with van der Waals surface area (Å²) in [7, 11) is -3.65. The SMILES string of the molecule is CCNS(=O)(=O)c1ccc(C)c(C(=O)N2CCCC(C(=O)NCCN)C2)c1.Cl. The van der Waals surface area contributed by atoms with Gasteiger partial charge in [0.1, 0.15) is 0 Å². The van der Waals surface area contributed by atoms with E-state index in [9.17, 15) is 18.0 Å². The molecule has 10 heteroatoms. The number of carbonyl (C=O) groups is 2. The molecule has 1 unspecified atom stereocenters. The molecule has 0 aliphatic carbocycles. The lowest BCUT2D eigenvalue weighted by Crippen LogP contribution is -2.46. The zero-order valence-corrected chi connectivity index (χ0v) is 17.9. The van der Waals surface area contributed by atoms with Crippen molar-refractivity contribution in [3.8, 4) is 0 Å². The minimum absolute atomic E-state index is 0. The third kappa shape index (κ3) is 5.91. The number of benzene rings is 1. The van der Waals surface area contributed by atoms with Crippen molar-refractivity contribution in [2.24, 2.45) is 11.7 Å². The Hall–Kier alpha value is -1.68. The lowest BCUT2D eigenvalue weighted by molar-refractivity contribution is -0.126. The van der Waals surface area contributed by atoms with E-state index >= 15 is 0 Å². The van der Waals surface area contributed by atoms with Crippen LogP contribution >= 0.6 is 12.4 Å². The average molecular weight is 433 g/mol. The summed E-state index contributed by atoms with van der Waals surface area (Å²) < 4.78 is 26.9. The first-order valence-corrected chi connectivity index (χ1v) is 10.7. The van der Waals surface area contributed by atoms with Gasteiger partial charge < -0.3 is 16.0 Å². The second kappa shape index (κ2) is 10.8. The highest BCUT2D eigenvalue weighted by atomic mass is 35.5. The number of sulfonamides is 1. The molecule has 0 aromatic heterocycles. The third-order valence-electron chi connectivity index (χ3n) is 4.61. The molecule has 4 N–H and O–H groups in total. The maximum atomic E-state index is 13.0. The molecule has 1 atom stereocenters. The van der Waals surface area contributed by atoms with Crippen LogP contribution in [-0.2, 0) is 14.8 Å². The van der Waals surface area contributed by atoms with Gasteiger partial charge in [0.15, 0.2) is 0 Å². The van der Waals surface area contributed by atoms with E-state index in [4.69, 9.17) is 5.73 Å². The summed E-state index contributed by atoms with van der Waals surface area (Å²) >= 11 is 0. The zero-order chi connectivity index (χ0) is 20.0. The number of aryl methyl sites for hydroxylation is 1. The topological polar surface area (TPSA) is 122 Å². The van der Waals surface area contributed by atoms with Crippen LogP contribution in [0.5, 0.6) is 0 Å². The highest BCUT2D eigenvalue weighted by Gasteiger charge is 2.29. The zero-order valence-electron chi connectivity index (χ0n) is 16.2. The number of likely N-dealkylation sites (tertiary alicyclic amines) is 1. The van der Waals surface area contributed by atoms with Crippen molar-refractivity contribution in [3.63, 3.8) is 0 Å². The van der Waals surface area contributed by atoms with E-state index in [2.05, 4.69) is 10.0 Å². The molecular formula is C18H29ClN4O4S. The van der Waals surface area contributed by atoms with Crippen molar-refractivity contribution >= 4 is 34.2 Å². The van der Waals surface area contributed by atoms with Gasteiger partial charge in [0.2, 0.25) is 15.9 Å². The second-order valence-corrected chi connectivity index (χ2v) is 8.42. The number of hydrogen-bond donors (Lipinski definition) is 3. The van der Waals surface area contributed by atoms with Crippen molar-refractivity contribution in [2.75, 3.05) is 32.7 Å². The minimum Gasteiger partial charge on any atom is -0.355 e. The molecule has 1 fully saturated rings. The van der Waals surface area contributed by atoms with Crippen molar-refractivity contribution in [1.82, 2.24) is 14.9 Å². The maximum Gasteiger partial charge on any atom is 0.254 e. The Bertz CT molecular complexity index is 801. The molecule has 1 aliphatic rings. The monoisotopic (exact) mass is 432 g/mol. The number of amides is 2. The van der Waals surface area contributed by atoms with E-state index in [1.54, 1.807) is 24.8 Å². The molecule has 1 saturated heterocycles. The molecule has 1 aromatic carbocycles. The Morgan fingerprint density at radius 2 is 2.04 bits per heavy atom. The first kappa shape index (κ1) is 24.4. The van der Waals surface area contributed by atoms with Crippen LogP contribution in [0.25, 0.3) is 0 Å². The molecule has 1 aromatic rings. The van der Waals surface area contributed by atoms with E-state index in [1.165, 1.54) is 12.1 Å². The summed E-state index contributed by atoms with van der Waals surface area (Å²) in [6.45, 7) is 5.38. The highest BCUT2D eigenvalue weighted by Crippen LogP contribution is 2.22. The molecule has 0 radical (unpaired) electrons. The van der Waals surface area contributed by atoms with E-state index in [-0.39, 0.29) is 41.6 Å². The molecule has 8 nitrogen and oxygen atoms in total. The molecular weight excluding hydrogens is 404 g/mol. The van der Waals surface area contributed by atoms with Crippen LogP contribution < -0.4 is 15.8 Å². The number of rotatable bonds is 7. The molecule has 28 heavy (non-hydrogen) atoms. The van der Waals surface area contributed by atoms with E-state index in [1.807, 2.05) is 0 Å². The molecule has 0 spiro atoms.